The number of pyridine rings is 1. The molecule has 0 radical (unpaired) electrons. The lowest BCUT2D eigenvalue weighted by molar-refractivity contribution is -0.116. The molecule has 0 unspecified atom stereocenters. The summed E-state index contributed by atoms with van der Waals surface area (Å²) in [6.07, 6.45) is 2.99. The summed E-state index contributed by atoms with van der Waals surface area (Å²) < 4.78 is 0. The molecule has 0 spiro atoms. The van der Waals surface area contributed by atoms with E-state index in [1.54, 1.807) is 6.20 Å². The van der Waals surface area contributed by atoms with Gasteiger partial charge in [0.15, 0.2) is 5.65 Å². The van der Waals surface area contributed by atoms with Gasteiger partial charge in [0, 0.05) is 28.8 Å². The SMILES string of the molecule is CCCC(=O)Nc1[nH]nc2ncc(-c3ccccc3Cl)cc12. The van der Waals surface area contributed by atoms with Gasteiger partial charge >= 0.3 is 0 Å². The number of halogens is 1. The smallest absolute Gasteiger partial charge is 0.225 e. The van der Waals surface area contributed by atoms with E-state index in [0.29, 0.717) is 22.9 Å². The number of hydrogen-bond donors (Lipinski definition) is 2. The van der Waals surface area contributed by atoms with E-state index >= 15 is 0 Å². The number of carbonyl (C=O) groups excluding carboxylic acids is 1. The minimum absolute atomic E-state index is 0.0452. The highest BCUT2D eigenvalue weighted by atomic mass is 35.5. The Morgan fingerprint density at radius 1 is 1.36 bits per heavy atom. The second-order valence-corrected chi connectivity index (χ2v) is 5.38. The average molecular weight is 315 g/mol. The van der Waals surface area contributed by atoms with Crippen molar-refractivity contribution in [2.24, 2.45) is 0 Å². The molecule has 1 amide bonds. The zero-order valence-corrected chi connectivity index (χ0v) is 12.8. The number of H-pyrrole nitrogens is 1. The molecule has 22 heavy (non-hydrogen) atoms. The number of benzene rings is 1. The average Bonchev–Trinajstić information content (AvgIpc) is 2.90. The number of anilines is 1. The first-order chi connectivity index (χ1) is 10.7. The highest BCUT2D eigenvalue weighted by Gasteiger charge is 2.12. The zero-order valence-electron chi connectivity index (χ0n) is 12.1. The van der Waals surface area contributed by atoms with Crippen molar-refractivity contribution in [1.29, 1.82) is 0 Å². The predicted octanol–water partition coefficient (Wildman–Crippen LogP) is 4.02. The van der Waals surface area contributed by atoms with Crippen molar-refractivity contribution in [1.82, 2.24) is 15.2 Å². The molecule has 2 heterocycles. The van der Waals surface area contributed by atoms with Crippen molar-refractivity contribution < 1.29 is 4.79 Å². The fourth-order valence-corrected chi connectivity index (χ4v) is 2.51. The van der Waals surface area contributed by atoms with Crippen molar-refractivity contribution in [2.45, 2.75) is 19.8 Å². The van der Waals surface area contributed by atoms with E-state index in [2.05, 4.69) is 20.5 Å². The summed E-state index contributed by atoms with van der Waals surface area (Å²) in [6.45, 7) is 1.96. The largest absolute Gasteiger partial charge is 0.311 e. The van der Waals surface area contributed by atoms with Crippen molar-refractivity contribution in [3.8, 4) is 11.1 Å². The molecule has 0 saturated carbocycles. The fourth-order valence-electron chi connectivity index (χ4n) is 2.27. The molecular weight excluding hydrogens is 300 g/mol. The zero-order chi connectivity index (χ0) is 15.5. The Morgan fingerprint density at radius 3 is 2.95 bits per heavy atom. The van der Waals surface area contributed by atoms with Crippen LogP contribution in [0.4, 0.5) is 5.82 Å². The minimum atomic E-state index is -0.0452. The molecule has 6 heteroatoms. The number of hydrogen-bond acceptors (Lipinski definition) is 3. The maximum Gasteiger partial charge on any atom is 0.225 e. The van der Waals surface area contributed by atoms with Gasteiger partial charge in [-0.05, 0) is 18.6 Å². The van der Waals surface area contributed by atoms with Crippen LogP contribution in [0.5, 0.6) is 0 Å². The van der Waals surface area contributed by atoms with Crippen molar-refractivity contribution >= 4 is 34.4 Å². The van der Waals surface area contributed by atoms with E-state index in [1.807, 2.05) is 37.3 Å². The summed E-state index contributed by atoms with van der Waals surface area (Å²) in [6, 6.07) is 9.49. The Labute approximate surface area is 132 Å². The molecule has 0 fully saturated rings. The van der Waals surface area contributed by atoms with Crippen LogP contribution in [-0.4, -0.2) is 21.1 Å². The summed E-state index contributed by atoms with van der Waals surface area (Å²) in [5.74, 6) is 0.519. The van der Waals surface area contributed by atoms with Crippen molar-refractivity contribution in [3.63, 3.8) is 0 Å². The third-order valence-corrected chi connectivity index (χ3v) is 3.67. The Kier molecular flexibility index (Phi) is 4.06. The van der Waals surface area contributed by atoms with Crippen LogP contribution in [-0.2, 0) is 4.79 Å². The molecule has 2 aromatic heterocycles. The van der Waals surface area contributed by atoms with E-state index in [9.17, 15) is 4.79 Å². The Morgan fingerprint density at radius 2 is 2.18 bits per heavy atom. The van der Waals surface area contributed by atoms with Gasteiger partial charge in [-0.25, -0.2) is 4.98 Å². The van der Waals surface area contributed by atoms with Crippen LogP contribution in [0.15, 0.2) is 36.5 Å². The minimum Gasteiger partial charge on any atom is -0.311 e. The second kappa shape index (κ2) is 6.15. The number of nitrogens with one attached hydrogen (secondary N) is 2. The van der Waals surface area contributed by atoms with E-state index in [4.69, 9.17) is 11.6 Å². The highest BCUT2D eigenvalue weighted by Crippen LogP contribution is 2.30. The summed E-state index contributed by atoms with van der Waals surface area (Å²) in [4.78, 5) is 16.1. The number of aromatic amines is 1. The monoisotopic (exact) mass is 314 g/mol. The summed E-state index contributed by atoms with van der Waals surface area (Å²) >= 11 is 6.23. The summed E-state index contributed by atoms with van der Waals surface area (Å²) in [5.41, 5.74) is 2.33. The topological polar surface area (TPSA) is 70.7 Å². The lowest BCUT2D eigenvalue weighted by Gasteiger charge is -2.05. The lowest BCUT2D eigenvalue weighted by atomic mass is 10.1. The van der Waals surface area contributed by atoms with Crippen LogP contribution in [0.25, 0.3) is 22.2 Å². The van der Waals surface area contributed by atoms with Crippen LogP contribution in [0.1, 0.15) is 19.8 Å². The normalized spacial score (nSPS) is 10.8. The van der Waals surface area contributed by atoms with Gasteiger partial charge in [0.1, 0.15) is 5.82 Å². The Bertz CT molecular complexity index is 828. The maximum absolute atomic E-state index is 11.8. The van der Waals surface area contributed by atoms with Gasteiger partial charge in [0.05, 0.1) is 5.39 Å². The predicted molar refractivity (Wildman–Crippen MR) is 87.9 cm³/mol. The third-order valence-electron chi connectivity index (χ3n) is 3.34. The van der Waals surface area contributed by atoms with Crippen LogP contribution in [0.2, 0.25) is 5.02 Å². The van der Waals surface area contributed by atoms with Crippen LogP contribution in [0.3, 0.4) is 0 Å². The molecule has 2 N–H and O–H groups in total. The van der Waals surface area contributed by atoms with Crippen LogP contribution < -0.4 is 5.32 Å². The number of rotatable bonds is 4. The molecule has 0 aliphatic carbocycles. The second-order valence-electron chi connectivity index (χ2n) is 4.97. The van der Waals surface area contributed by atoms with E-state index in [-0.39, 0.29) is 5.91 Å². The van der Waals surface area contributed by atoms with Crippen molar-refractivity contribution in [3.05, 3.63) is 41.6 Å². The van der Waals surface area contributed by atoms with Gasteiger partial charge in [-0.1, -0.05) is 36.7 Å². The van der Waals surface area contributed by atoms with Crippen LogP contribution in [0, 0.1) is 0 Å². The Hall–Kier alpha value is -2.40. The van der Waals surface area contributed by atoms with E-state index in [1.165, 1.54) is 0 Å². The number of nitrogens with zero attached hydrogens (tertiary/aromatic N) is 2. The van der Waals surface area contributed by atoms with E-state index < -0.39 is 0 Å². The molecule has 3 rings (SSSR count). The Balaban J connectivity index is 2.02. The molecule has 0 atom stereocenters. The highest BCUT2D eigenvalue weighted by molar-refractivity contribution is 6.33. The van der Waals surface area contributed by atoms with Crippen molar-refractivity contribution in [2.75, 3.05) is 5.32 Å². The molecular formula is C16H15ClN4O. The third kappa shape index (κ3) is 2.80. The van der Waals surface area contributed by atoms with Gasteiger partial charge in [-0.15, -0.1) is 0 Å². The van der Waals surface area contributed by atoms with E-state index in [0.717, 1.165) is 22.9 Å². The van der Waals surface area contributed by atoms with Gasteiger partial charge in [-0.2, -0.15) is 5.10 Å². The maximum atomic E-state index is 11.8. The fraction of sp³-hybridized carbons (Fsp3) is 0.188. The van der Waals surface area contributed by atoms with Gasteiger partial charge in [0.2, 0.25) is 5.91 Å². The van der Waals surface area contributed by atoms with Crippen LogP contribution >= 0.6 is 11.6 Å². The standard InChI is InChI=1S/C16H15ClN4O/c1-2-5-14(22)19-16-12-8-10(9-18-15(12)20-21-16)11-6-3-4-7-13(11)17/h3-4,6-9H,2,5H2,1H3,(H2,18,19,20,21,22). The first-order valence-electron chi connectivity index (χ1n) is 7.08. The molecule has 0 aliphatic rings. The molecule has 5 nitrogen and oxygen atoms in total. The molecule has 112 valence electrons. The molecule has 1 aromatic carbocycles. The quantitative estimate of drug-likeness (QED) is 0.764. The number of carbonyl (C=O) groups is 1. The molecule has 0 aliphatic heterocycles. The number of aromatic nitrogens is 3. The van der Waals surface area contributed by atoms with Gasteiger partial charge in [0.25, 0.3) is 0 Å². The molecule has 0 saturated heterocycles. The molecule has 0 bridgehead atoms. The first-order valence-corrected chi connectivity index (χ1v) is 7.45. The number of fused-ring (bicyclic) bond motifs is 1. The van der Waals surface area contributed by atoms with Gasteiger partial charge < -0.3 is 5.32 Å². The lowest BCUT2D eigenvalue weighted by Crippen LogP contribution is -2.11. The summed E-state index contributed by atoms with van der Waals surface area (Å²) in [7, 11) is 0. The molecule has 3 aromatic rings. The number of amides is 1. The first kappa shape index (κ1) is 14.5. The van der Waals surface area contributed by atoms with Gasteiger partial charge in [-0.3, -0.25) is 9.89 Å². The summed E-state index contributed by atoms with van der Waals surface area (Å²) in [5, 5.41) is 11.2.